The molecule has 0 saturated carbocycles. The maximum Gasteiger partial charge on any atom is 0.325 e. The fraction of sp³-hybridized carbons (Fsp3) is 0.696. The van der Waals surface area contributed by atoms with Crippen molar-refractivity contribution in [3.63, 3.8) is 0 Å². The second-order valence-corrected chi connectivity index (χ2v) is 9.23. The number of nitrogens with zero attached hydrogens (tertiary/aromatic N) is 1. The number of primary amides is 1. The Bertz CT molecular complexity index is 912. The molecule has 0 aromatic heterocycles. The minimum absolute atomic E-state index is 0.142. The molecule has 38 heavy (non-hydrogen) atoms. The Morgan fingerprint density at radius 3 is 2.24 bits per heavy atom. The average Bonchev–Trinajstić information content (AvgIpc) is 3.37. The third-order valence-electron chi connectivity index (χ3n) is 6.33. The molecular weight excluding hydrogens is 502 g/mol. The van der Waals surface area contributed by atoms with Crippen LogP contribution in [0.3, 0.4) is 0 Å². The molecule has 1 aliphatic rings. The molecule has 15 heteroatoms. The van der Waals surface area contributed by atoms with Crippen LogP contribution < -0.4 is 32.7 Å². The Morgan fingerprint density at radius 1 is 1.03 bits per heavy atom. The molecule has 5 atom stereocenters. The van der Waals surface area contributed by atoms with Gasteiger partial charge in [0.2, 0.25) is 35.4 Å². The van der Waals surface area contributed by atoms with Gasteiger partial charge in [-0.15, -0.1) is 0 Å². The number of carboxylic acid groups (broad SMARTS) is 1. The van der Waals surface area contributed by atoms with E-state index in [0.29, 0.717) is 25.8 Å². The van der Waals surface area contributed by atoms with Crippen LogP contribution >= 0.6 is 0 Å². The number of hydrogen-bond donors (Lipinski definition) is 7. The lowest BCUT2D eigenvalue weighted by Crippen LogP contribution is -2.56. The summed E-state index contributed by atoms with van der Waals surface area (Å²) in [6.07, 6.45) is 1.09. The summed E-state index contributed by atoms with van der Waals surface area (Å²) < 4.78 is 0. The zero-order valence-electron chi connectivity index (χ0n) is 22.0. The molecule has 214 valence electrons. The van der Waals surface area contributed by atoms with Gasteiger partial charge < -0.3 is 42.7 Å². The molecule has 0 bridgehead atoms. The lowest BCUT2D eigenvalue weighted by molar-refractivity contribution is -0.142. The van der Waals surface area contributed by atoms with Crippen LogP contribution in [0.4, 0.5) is 0 Å². The number of nitrogens with one attached hydrogen (secondary N) is 4. The van der Waals surface area contributed by atoms with Gasteiger partial charge in [0, 0.05) is 13.0 Å². The molecule has 15 nitrogen and oxygen atoms in total. The van der Waals surface area contributed by atoms with Crippen molar-refractivity contribution >= 4 is 41.4 Å². The largest absolute Gasteiger partial charge is 0.480 e. The summed E-state index contributed by atoms with van der Waals surface area (Å²) in [7, 11) is 0. The minimum Gasteiger partial charge on any atom is -0.480 e. The zero-order chi connectivity index (χ0) is 29.0. The molecule has 1 heterocycles. The van der Waals surface area contributed by atoms with Gasteiger partial charge in [0.25, 0.3) is 0 Å². The number of hydrogen-bond acceptors (Lipinski definition) is 8. The topological polar surface area (TPSA) is 243 Å². The van der Waals surface area contributed by atoms with Gasteiger partial charge in [-0.1, -0.05) is 20.3 Å². The second-order valence-electron chi connectivity index (χ2n) is 9.23. The summed E-state index contributed by atoms with van der Waals surface area (Å²) >= 11 is 0. The smallest absolute Gasteiger partial charge is 0.325 e. The van der Waals surface area contributed by atoms with Crippen LogP contribution in [-0.2, 0) is 33.6 Å². The van der Waals surface area contributed by atoms with Gasteiger partial charge >= 0.3 is 5.97 Å². The van der Waals surface area contributed by atoms with E-state index in [1.54, 1.807) is 13.8 Å². The number of nitrogens with two attached hydrogens (primary N) is 2. The second kappa shape index (κ2) is 15.5. The lowest BCUT2D eigenvalue weighted by atomic mass is 9.98. The van der Waals surface area contributed by atoms with Gasteiger partial charge in [-0.25, -0.2) is 0 Å². The Hall–Kier alpha value is -3.75. The van der Waals surface area contributed by atoms with Crippen LogP contribution in [0.15, 0.2) is 0 Å². The van der Waals surface area contributed by atoms with E-state index in [1.165, 1.54) is 11.8 Å². The number of aliphatic carboxylic acids is 1. The van der Waals surface area contributed by atoms with Crippen molar-refractivity contribution in [3.05, 3.63) is 0 Å². The molecule has 1 aliphatic heterocycles. The summed E-state index contributed by atoms with van der Waals surface area (Å²) in [6.45, 7) is 4.30. The standard InChI is InChI=1S/C23H39N7O8/c1-4-12(2)19(22(36)27-13(3)23(37)38)29-17(32)11-26-20(34)14(7-8-16(25)31)28-21(35)15-6-5-9-30(15)18(33)10-24/h12-15,19H,4-11,24H2,1-3H3,(H2,25,31)(H,26,34)(H,27,36)(H,28,35)(H,29,32)(H,37,38)/t12-,13-,14-,15-,19-/m0/s1. The summed E-state index contributed by atoms with van der Waals surface area (Å²) in [5.74, 6) is -5.47. The van der Waals surface area contributed by atoms with E-state index in [1.807, 2.05) is 0 Å². The predicted molar refractivity (Wildman–Crippen MR) is 134 cm³/mol. The first-order valence-corrected chi connectivity index (χ1v) is 12.5. The van der Waals surface area contributed by atoms with E-state index in [2.05, 4.69) is 21.3 Å². The third-order valence-corrected chi connectivity index (χ3v) is 6.33. The van der Waals surface area contributed by atoms with Crippen molar-refractivity contribution in [1.29, 1.82) is 0 Å². The van der Waals surface area contributed by atoms with E-state index in [4.69, 9.17) is 16.6 Å². The van der Waals surface area contributed by atoms with Gasteiger partial charge in [-0.05, 0) is 32.1 Å². The summed E-state index contributed by atoms with van der Waals surface area (Å²) in [5.41, 5.74) is 10.6. The molecule has 1 fully saturated rings. The van der Waals surface area contributed by atoms with E-state index >= 15 is 0 Å². The summed E-state index contributed by atoms with van der Waals surface area (Å²) in [4.78, 5) is 86.4. The van der Waals surface area contributed by atoms with E-state index in [0.717, 1.165) is 0 Å². The molecule has 0 radical (unpaired) electrons. The lowest BCUT2D eigenvalue weighted by Gasteiger charge is -2.26. The van der Waals surface area contributed by atoms with Crippen LogP contribution in [0, 0.1) is 5.92 Å². The van der Waals surface area contributed by atoms with Crippen LogP contribution in [0.1, 0.15) is 52.9 Å². The zero-order valence-corrected chi connectivity index (χ0v) is 22.0. The summed E-state index contributed by atoms with van der Waals surface area (Å²) in [6, 6.07) is -4.26. The molecule has 0 aliphatic carbocycles. The molecule has 6 amide bonds. The molecule has 9 N–H and O–H groups in total. The van der Waals surface area contributed by atoms with Crippen molar-refractivity contribution in [1.82, 2.24) is 26.2 Å². The number of amides is 6. The fourth-order valence-electron chi connectivity index (χ4n) is 3.86. The van der Waals surface area contributed by atoms with Crippen LogP contribution in [0.25, 0.3) is 0 Å². The van der Waals surface area contributed by atoms with Crippen molar-refractivity contribution in [2.24, 2.45) is 17.4 Å². The Kier molecular flexibility index (Phi) is 13.2. The maximum atomic E-state index is 12.8. The average molecular weight is 542 g/mol. The maximum absolute atomic E-state index is 12.8. The normalized spacial score (nSPS) is 17.9. The van der Waals surface area contributed by atoms with Gasteiger partial charge in [-0.2, -0.15) is 0 Å². The first kappa shape index (κ1) is 32.3. The van der Waals surface area contributed by atoms with E-state index in [-0.39, 0.29) is 25.3 Å². The minimum atomic E-state index is -1.24. The Balaban J connectivity index is 2.84. The molecule has 0 aromatic carbocycles. The molecule has 1 rings (SSSR count). The number of carboxylic acids is 1. The van der Waals surface area contributed by atoms with Gasteiger partial charge in [0.15, 0.2) is 0 Å². The van der Waals surface area contributed by atoms with Crippen molar-refractivity contribution in [3.8, 4) is 0 Å². The van der Waals surface area contributed by atoms with Gasteiger partial charge in [-0.3, -0.25) is 33.6 Å². The van der Waals surface area contributed by atoms with Crippen LogP contribution in [0.2, 0.25) is 0 Å². The van der Waals surface area contributed by atoms with Crippen LogP contribution in [0.5, 0.6) is 0 Å². The highest BCUT2D eigenvalue weighted by molar-refractivity contribution is 5.95. The first-order chi connectivity index (χ1) is 17.8. The number of carbonyl (C=O) groups excluding carboxylic acids is 6. The number of rotatable bonds is 15. The highest BCUT2D eigenvalue weighted by Crippen LogP contribution is 2.17. The Labute approximate surface area is 220 Å². The predicted octanol–water partition coefficient (Wildman–Crippen LogP) is -3.08. The van der Waals surface area contributed by atoms with Crippen LogP contribution in [-0.4, -0.2) is 95.2 Å². The monoisotopic (exact) mass is 541 g/mol. The Morgan fingerprint density at radius 2 is 1.68 bits per heavy atom. The van der Waals surface area contributed by atoms with Gasteiger partial charge in [0.05, 0.1) is 13.1 Å². The molecule has 0 aromatic rings. The molecule has 1 saturated heterocycles. The van der Waals surface area contributed by atoms with Crippen molar-refractivity contribution in [2.75, 3.05) is 19.6 Å². The first-order valence-electron chi connectivity index (χ1n) is 12.5. The SMILES string of the molecule is CC[C@H](C)[C@H](NC(=O)CNC(=O)[C@H](CCC(N)=O)NC(=O)[C@@H]1CCCN1C(=O)CN)C(=O)N[C@@H](C)C(=O)O. The highest BCUT2D eigenvalue weighted by atomic mass is 16.4. The highest BCUT2D eigenvalue weighted by Gasteiger charge is 2.35. The summed E-state index contributed by atoms with van der Waals surface area (Å²) in [5, 5.41) is 18.7. The van der Waals surface area contributed by atoms with Crippen molar-refractivity contribution < 1.29 is 38.7 Å². The molecular formula is C23H39N7O8. The fourth-order valence-corrected chi connectivity index (χ4v) is 3.86. The molecule has 0 unspecified atom stereocenters. The third kappa shape index (κ3) is 9.95. The van der Waals surface area contributed by atoms with E-state index in [9.17, 15) is 33.6 Å². The van der Waals surface area contributed by atoms with Gasteiger partial charge in [0.1, 0.15) is 24.2 Å². The number of likely N-dealkylation sites (tertiary alicyclic amines) is 1. The quantitative estimate of drug-likeness (QED) is 0.111. The van der Waals surface area contributed by atoms with Crippen molar-refractivity contribution in [2.45, 2.75) is 77.0 Å². The number of carbonyl (C=O) groups is 7. The van der Waals surface area contributed by atoms with E-state index < -0.39 is 72.1 Å². The molecule has 0 spiro atoms.